The van der Waals surface area contributed by atoms with Crippen LogP contribution in [-0.4, -0.2) is 57.3 Å². The summed E-state index contributed by atoms with van der Waals surface area (Å²) in [5.41, 5.74) is 6.80. The van der Waals surface area contributed by atoms with Gasteiger partial charge in [-0.3, -0.25) is 0 Å². The van der Waals surface area contributed by atoms with E-state index in [-0.39, 0.29) is 77.0 Å². The second-order valence-corrected chi connectivity index (χ2v) is 14.0. The molecule has 1 radical (unpaired) electrons. The molecule has 60 heavy (non-hydrogen) atoms. The molecule has 0 fully saturated rings. The first-order chi connectivity index (χ1) is 28.5. The minimum Gasteiger partial charge on any atom is -0.506 e. The van der Waals surface area contributed by atoms with Gasteiger partial charge in [0.05, 0.1) is 19.4 Å². The number of halogens is 1. The molecule has 6 aromatic carbocycles. The predicted octanol–water partition coefficient (Wildman–Crippen LogP) is 10.9. The van der Waals surface area contributed by atoms with Crippen LogP contribution in [0.4, 0.5) is 46.0 Å². The molecular weight excluding hydrogens is 836 g/mol. The van der Waals surface area contributed by atoms with Gasteiger partial charge in [0.15, 0.2) is 12.5 Å². The van der Waals surface area contributed by atoms with Crippen LogP contribution in [0.2, 0.25) is 5.28 Å². The van der Waals surface area contributed by atoms with E-state index in [4.69, 9.17) is 26.2 Å². The van der Waals surface area contributed by atoms with Crippen LogP contribution in [0.3, 0.4) is 0 Å². The maximum absolute atomic E-state index is 11.3. The number of aromatic hydroxyl groups is 2. The Balaban J connectivity index is 0.00000604. The minimum atomic E-state index is -0.182. The van der Waals surface area contributed by atoms with Gasteiger partial charge in [-0.05, 0) is 127 Å². The number of phenols is 2. The first kappa shape index (κ1) is 43.0. The van der Waals surface area contributed by atoms with Crippen LogP contribution in [0.25, 0.3) is 21.5 Å². The number of benzene rings is 6. The number of fused-ring (bicyclic) bond motifs is 2. The van der Waals surface area contributed by atoms with Crippen molar-refractivity contribution in [2.75, 3.05) is 42.9 Å². The van der Waals surface area contributed by atoms with Crippen molar-refractivity contribution < 1.29 is 41.9 Å². The quantitative estimate of drug-likeness (QED) is 0.0345. The van der Waals surface area contributed by atoms with Crippen molar-refractivity contribution in [1.82, 2.24) is 15.0 Å². The Bertz CT molecular complexity index is 2770. The van der Waals surface area contributed by atoms with Gasteiger partial charge >= 0.3 is 0 Å². The maximum Gasteiger partial charge on any atom is 0.233 e. The van der Waals surface area contributed by atoms with Crippen LogP contribution in [0.5, 0.6) is 23.0 Å². The second-order valence-electron chi connectivity index (χ2n) is 13.7. The standard InChI is InChI=1S/C43H41ClN10O5.Cu/c1-23-14-24(2)32-9-7-30(19-27(32)15-23)51-53-36-20-37(56)35(21-38(36)58-5)52-54-39-26(4)16-28-18-29(6-10-33(28)40(39)57)46-22-59-31-8-11-34(25(3)17-31)47-43-49-41(44)48-42(50-43)45-12-13-55;/h6-11,14-21,46,55-57H,12-13,22H2,1-5H3,(H2,45,47,48,49,50);. The van der Waals surface area contributed by atoms with Gasteiger partial charge < -0.3 is 40.7 Å². The number of nitrogens with one attached hydrogen (secondary N) is 3. The summed E-state index contributed by atoms with van der Waals surface area (Å²) in [7, 11) is 1.49. The Morgan fingerprint density at radius 2 is 1.47 bits per heavy atom. The molecule has 7 aromatic rings. The molecular formula is C43H41ClCuN10O5. The number of aliphatic hydroxyl groups is 1. The number of anilines is 4. The van der Waals surface area contributed by atoms with Gasteiger partial charge in [0, 0.05) is 52.5 Å². The monoisotopic (exact) mass is 875 g/mol. The molecule has 0 aliphatic carbocycles. The molecule has 0 aliphatic heterocycles. The van der Waals surface area contributed by atoms with Gasteiger partial charge in [-0.2, -0.15) is 20.1 Å². The van der Waals surface area contributed by atoms with E-state index in [1.807, 2.05) is 68.4 Å². The molecule has 7 rings (SSSR count). The van der Waals surface area contributed by atoms with Gasteiger partial charge in [0.25, 0.3) is 0 Å². The van der Waals surface area contributed by atoms with Crippen molar-refractivity contribution >= 4 is 79.2 Å². The Morgan fingerprint density at radius 3 is 2.25 bits per heavy atom. The van der Waals surface area contributed by atoms with Gasteiger partial charge in [0.2, 0.25) is 17.2 Å². The summed E-state index contributed by atoms with van der Waals surface area (Å²) in [5.74, 6) is 1.25. The molecule has 15 nitrogen and oxygen atoms in total. The molecule has 0 spiro atoms. The van der Waals surface area contributed by atoms with E-state index in [9.17, 15) is 10.2 Å². The number of rotatable bonds is 14. The number of hydrogen-bond acceptors (Lipinski definition) is 15. The largest absolute Gasteiger partial charge is 0.506 e. The fraction of sp³-hybridized carbons (Fsp3) is 0.186. The second kappa shape index (κ2) is 19.0. The Morgan fingerprint density at radius 1 is 0.700 bits per heavy atom. The summed E-state index contributed by atoms with van der Waals surface area (Å²) in [6.45, 7) is 8.25. The number of aromatic nitrogens is 3. The van der Waals surface area contributed by atoms with E-state index in [1.165, 1.54) is 24.8 Å². The summed E-state index contributed by atoms with van der Waals surface area (Å²) in [6, 6.07) is 26.0. The predicted molar refractivity (Wildman–Crippen MR) is 231 cm³/mol. The number of azo groups is 2. The summed E-state index contributed by atoms with van der Waals surface area (Å²) < 4.78 is 11.5. The zero-order chi connectivity index (χ0) is 41.6. The molecule has 0 aliphatic rings. The van der Waals surface area contributed by atoms with E-state index in [2.05, 4.69) is 77.3 Å². The number of hydrogen-bond donors (Lipinski definition) is 6. The van der Waals surface area contributed by atoms with Gasteiger partial charge in [-0.25, -0.2) is 0 Å². The van der Waals surface area contributed by atoms with Gasteiger partial charge in [0.1, 0.15) is 34.3 Å². The molecule has 1 aromatic heterocycles. The van der Waals surface area contributed by atoms with E-state index in [0.29, 0.717) is 33.8 Å². The number of methoxy groups -OCH3 is 1. The number of nitrogens with zero attached hydrogens (tertiary/aromatic N) is 7. The Kier molecular flexibility index (Phi) is 13.6. The third kappa shape index (κ3) is 9.98. The first-order valence-corrected chi connectivity index (χ1v) is 18.9. The van der Waals surface area contributed by atoms with Gasteiger partial charge in [-0.15, -0.1) is 15.3 Å². The molecule has 0 amide bonds. The summed E-state index contributed by atoms with van der Waals surface area (Å²) in [4.78, 5) is 12.4. The summed E-state index contributed by atoms with van der Waals surface area (Å²) in [6.07, 6.45) is 0. The molecule has 0 bridgehead atoms. The smallest absolute Gasteiger partial charge is 0.233 e. The first-order valence-electron chi connectivity index (χ1n) is 18.5. The SMILES string of the molecule is COc1cc(N=Nc2c(C)cc3cc(NCOc4ccc(Nc5nc(Cl)nc(NCCO)n5)c(C)c4)ccc3c2O)c(O)cc1N=Nc1ccc2c(C)cc(C)cc2c1.[Cu]. The molecule has 17 heteroatoms. The zero-order valence-corrected chi connectivity index (χ0v) is 34.9. The van der Waals surface area contributed by atoms with E-state index in [1.54, 1.807) is 6.07 Å². The molecule has 0 atom stereocenters. The third-order valence-corrected chi connectivity index (χ3v) is 9.50. The van der Waals surface area contributed by atoms with Crippen molar-refractivity contribution in [3.05, 3.63) is 112 Å². The van der Waals surface area contributed by atoms with Crippen LogP contribution < -0.4 is 25.4 Å². The molecule has 311 valence electrons. The third-order valence-electron chi connectivity index (χ3n) is 9.33. The molecule has 0 saturated carbocycles. The van der Waals surface area contributed by atoms with Crippen molar-refractivity contribution in [2.24, 2.45) is 20.5 Å². The Hall–Kier alpha value is -6.58. The average Bonchev–Trinajstić information content (AvgIpc) is 3.20. The minimum absolute atomic E-state index is 0. The van der Waals surface area contributed by atoms with E-state index < -0.39 is 0 Å². The molecule has 6 N–H and O–H groups in total. The topological polar surface area (TPSA) is 203 Å². The molecule has 0 saturated heterocycles. The molecule has 1 heterocycles. The van der Waals surface area contributed by atoms with Crippen LogP contribution >= 0.6 is 11.6 Å². The van der Waals surface area contributed by atoms with Crippen molar-refractivity contribution in [3.63, 3.8) is 0 Å². The van der Waals surface area contributed by atoms with Crippen molar-refractivity contribution in [3.8, 4) is 23.0 Å². The number of ether oxygens (including phenoxy) is 2. The van der Waals surface area contributed by atoms with E-state index >= 15 is 0 Å². The van der Waals surface area contributed by atoms with Crippen LogP contribution in [0.15, 0.2) is 105 Å². The number of aryl methyl sites for hydroxylation is 4. The fourth-order valence-electron chi connectivity index (χ4n) is 6.47. The van der Waals surface area contributed by atoms with Crippen LogP contribution in [0, 0.1) is 27.7 Å². The summed E-state index contributed by atoms with van der Waals surface area (Å²) in [5, 5.41) is 61.4. The van der Waals surface area contributed by atoms with E-state index in [0.717, 1.165) is 38.7 Å². The number of aliphatic hydroxyl groups excluding tert-OH is 1. The van der Waals surface area contributed by atoms with Gasteiger partial charge in [-0.1, -0.05) is 23.8 Å². The Labute approximate surface area is 361 Å². The normalized spacial score (nSPS) is 11.3. The van der Waals surface area contributed by atoms with Crippen molar-refractivity contribution in [1.29, 1.82) is 0 Å². The zero-order valence-electron chi connectivity index (χ0n) is 33.2. The maximum atomic E-state index is 11.3. The van der Waals surface area contributed by atoms with Crippen LogP contribution in [0.1, 0.15) is 22.3 Å². The number of phenolic OH excluding ortho intramolecular Hbond substituents is 2. The average molecular weight is 877 g/mol. The van der Waals surface area contributed by atoms with Crippen LogP contribution in [-0.2, 0) is 17.1 Å². The fourth-order valence-corrected chi connectivity index (χ4v) is 6.63. The van der Waals surface area contributed by atoms with Crippen molar-refractivity contribution in [2.45, 2.75) is 27.7 Å². The molecule has 0 unspecified atom stereocenters. The summed E-state index contributed by atoms with van der Waals surface area (Å²) >= 11 is 6.04.